The first-order valence-corrected chi connectivity index (χ1v) is 7.35. The Balaban J connectivity index is 1.96. The van der Waals surface area contributed by atoms with Gasteiger partial charge in [0, 0.05) is 22.0 Å². The quantitative estimate of drug-likeness (QED) is 0.393. The molecule has 0 saturated carbocycles. The van der Waals surface area contributed by atoms with Crippen LogP contribution >= 0.6 is 15.9 Å². The molecule has 0 aliphatic carbocycles. The van der Waals surface area contributed by atoms with E-state index in [-0.39, 0.29) is 0 Å². The van der Waals surface area contributed by atoms with Crippen molar-refractivity contribution in [1.29, 1.82) is 0 Å². The van der Waals surface area contributed by atoms with Crippen LogP contribution in [-0.2, 0) is 0 Å². The Kier molecular flexibility index (Phi) is 3.81. The highest BCUT2D eigenvalue weighted by Gasteiger charge is 2.13. The molecule has 0 saturated heterocycles. The standard InChI is InChI=1S/C17H11BrO4/c1-10-8-16(19)22-15-9-11(6-7-12(10)15)21-17(20)13-4-2-3-5-14(13)18/h2-9H,1H3. The van der Waals surface area contributed by atoms with E-state index < -0.39 is 11.6 Å². The van der Waals surface area contributed by atoms with E-state index in [4.69, 9.17) is 9.15 Å². The summed E-state index contributed by atoms with van der Waals surface area (Å²) in [6, 6.07) is 13.4. The van der Waals surface area contributed by atoms with E-state index in [1.165, 1.54) is 6.07 Å². The molecule has 0 amide bonds. The van der Waals surface area contributed by atoms with Crippen LogP contribution in [0, 0.1) is 6.92 Å². The van der Waals surface area contributed by atoms with Crippen molar-refractivity contribution in [2.24, 2.45) is 0 Å². The van der Waals surface area contributed by atoms with Crippen LogP contribution < -0.4 is 10.4 Å². The van der Waals surface area contributed by atoms with Crippen LogP contribution in [0.1, 0.15) is 15.9 Å². The van der Waals surface area contributed by atoms with E-state index in [9.17, 15) is 9.59 Å². The van der Waals surface area contributed by atoms with Crippen LogP contribution in [0.3, 0.4) is 0 Å². The van der Waals surface area contributed by atoms with Crippen LogP contribution in [0.5, 0.6) is 5.75 Å². The third kappa shape index (κ3) is 2.80. The summed E-state index contributed by atoms with van der Waals surface area (Å²) < 4.78 is 11.1. The maximum atomic E-state index is 12.2. The first kappa shape index (κ1) is 14.5. The Labute approximate surface area is 134 Å². The first-order valence-electron chi connectivity index (χ1n) is 6.56. The fraction of sp³-hybridized carbons (Fsp3) is 0.0588. The average Bonchev–Trinajstić information content (AvgIpc) is 2.47. The second kappa shape index (κ2) is 5.77. The van der Waals surface area contributed by atoms with Crippen molar-refractivity contribution in [2.45, 2.75) is 6.92 Å². The molecule has 110 valence electrons. The van der Waals surface area contributed by atoms with Crippen LogP contribution in [0.25, 0.3) is 11.0 Å². The van der Waals surface area contributed by atoms with Crippen molar-refractivity contribution in [3.63, 3.8) is 0 Å². The van der Waals surface area contributed by atoms with Gasteiger partial charge in [0.15, 0.2) is 0 Å². The van der Waals surface area contributed by atoms with Gasteiger partial charge in [-0.25, -0.2) is 9.59 Å². The largest absolute Gasteiger partial charge is 0.423 e. The second-order valence-corrected chi connectivity index (χ2v) is 5.63. The Morgan fingerprint density at radius 2 is 1.91 bits per heavy atom. The van der Waals surface area contributed by atoms with E-state index >= 15 is 0 Å². The van der Waals surface area contributed by atoms with Gasteiger partial charge in [0.05, 0.1) is 5.56 Å². The number of aryl methyl sites for hydroxylation is 1. The van der Waals surface area contributed by atoms with Crippen LogP contribution in [0.2, 0.25) is 0 Å². The van der Waals surface area contributed by atoms with Crippen molar-refractivity contribution < 1.29 is 13.9 Å². The van der Waals surface area contributed by atoms with Crippen molar-refractivity contribution in [2.75, 3.05) is 0 Å². The number of ether oxygens (including phenoxy) is 1. The summed E-state index contributed by atoms with van der Waals surface area (Å²) in [6.45, 7) is 1.83. The lowest BCUT2D eigenvalue weighted by Gasteiger charge is -2.07. The molecule has 0 atom stereocenters. The molecule has 0 aliphatic heterocycles. The van der Waals surface area contributed by atoms with Crippen LogP contribution in [0.4, 0.5) is 0 Å². The molecular formula is C17H11BrO4. The van der Waals surface area contributed by atoms with Crippen molar-refractivity contribution in [1.82, 2.24) is 0 Å². The number of rotatable bonds is 2. The molecule has 1 aromatic heterocycles. The molecule has 0 spiro atoms. The number of benzene rings is 2. The number of halogens is 1. The first-order chi connectivity index (χ1) is 10.5. The monoisotopic (exact) mass is 358 g/mol. The maximum Gasteiger partial charge on any atom is 0.344 e. The minimum Gasteiger partial charge on any atom is -0.423 e. The molecule has 1 heterocycles. The lowest BCUT2D eigenvalue weighted by molar-refractivity contribution is 0.0734. The van der Waals surface area contributed by atoms with Crippen LogP contribution in [-0.4, -0.2) is 5.97 Å². The maximum absolute atomic E-state index is 12.2. The number of hydrogen-bond acceptors (Lipinski definition) is 4. The molecule has 4 nitrogen and oxygen atoms in total. The van der Waals surface area contributed by atoms with Gasteiger partial charge in [-0.1, -0.05) is 12.1 Å². The lowest BCUT2D eigenvalue weighted by Crippen LogP contribution is -2.09. The van der Waals surface area contributed by atoms with E-state index in [0.717, 1.165) is 10.9 Å². The highest BCUT2D eigenvalue weighted by molar-refractivity contribution is 9.10. The van der Waals surface area contributed by atoms with E-state index in [2.05, 4.69) is 15.9 Å². The van der Waals surface area contributed by atoms with Crippen molar-refractivity contribution >= 4 is 32.9 Å². The molecule has 0 N–H and O–H groups in total. The topological polar surface area (TPSA) is 56.5 Å². The van der Waals surface area contributed by atoms with E-state index in [0.29, 0.717) is 21.4 Å². The molecule has 0 aliphatic rings. The fourth-order valence-electron chi connectivity index (χ4n) is 2.16. The van der Waals surface area contributed by atoms with Crippen LogP contribution in [0.15, 0.2) is 62.2 Å². The van der Waals surface area contributed by atoms with Gasteiger partial charge in [0.25, 0.3) is 0 Å². The lowest BCUT2D eigenvalue weighted by atomic mass is 10.1. The van der Waals surface area contributed by atoms with Gasteiger partial charge in [0.1, 0.15) is 11.3 Å². The second-order valence-electron chi connectivity index (χ2n) is 4.78. The molecule has 22 heavy (non-hydrogen) atoms. The number of hydrogen-bond donors (Lipinski definition) is 0. The molecule has 0 fully saturated rings. The molecular weight excluding hydrogens is 348 g/mol. The van der Waals surface area contributed by atoms with Gasteiger partial charge in [0.2, 0.25) is 0 Å². The third-order valence-electron chi connectivity index (χ3n) is 3.23. The Hall–Kier alpha value is -2.40. The van der Waals surface area contributed by atoms with Gasteiger partial charge in [-0.05, 0) is 52.7 Å². The Morgan fingerprint density at radius 1 is 1.14 bits per heavy atom. The highest BCUT2D eigenvalue weighted by atomic mass is 79.9. The molecule has 5 heteroatoms. The summed E-state index contributed by atoms with van der Waals surface area (Å²) in [5, 5.41) is 0.806. The fourth-order valence-corrected chi connectivity index (χ4v) is 2.60. The minimum absolute atomic E-state index is 0.321. The number of carbonyl (C=O) groups is 1. The summed E-state index contributed by atoms with van der Waals surface area (Å²) >= 11 is 3.31. The number of fused-ring (bicyclic) bond motifs is 1. The Morgan fingerprint density at radius 3 is 2.68 bits per heavy atom. The van der Waals surface area contributed by atoms with Crippen molar-refractivity contribution in [3.8, 4) is 5.75 Å². The predicted molar refractivity (Wildman–Crippen MR) is 86.3 cm³/mol. The van der Waals surface area contributed by atoms with E-state index in [1.807, 2.05) is 13.0 Å². The number of esters is 1. The molecule has 0 unspecified atom stereocenters. The highest BCUT2D eigenvalue weighted by Crippen LogP contribution is 2.24. The summed E-state index contributed by atoms with van der Waals surface area (Å²) in [5.74, 6) is -0.163. The van der Waals surface area contributed by atoms with Crippen molar-refractivity contribution in [3.05, 3.63) is 74.6 Å². The van der Waals surface area contributed by atoms with Gasteiger partial charge in [-0.2, -0.15) is 0 Å². The Bertz CT molecular complexity index is 927. The summed E-state index contributed by atoms with van der Waals surface area (Å²) in [5.41, 5.74) is 1.20. The zero-order valence-electron chi connectivity index (χ0n) is 11.6. The molecule has 3 rings (SSSR count). The zero-order chi connectivity index (χ0) is 15.7. The molecule has 0 radical (unpaired) electrons. The third-order valence-corrected chi connectivity index (χ3v) is 3.92. The van der Waals surface area contributed by atoms with Gasteiger partial charge < -0.3 is 9.15 Å². The zero-order valence-corrected chi connectivity index (χ0v) is 13.2. The summed E-state index contributed by atoms with van der Waals surface area (Å²) in [7, 11) is 0. The van der Waals surface area contributed by atoms with Gasteiger partial charge in [-0.15, -0.1) is 0 Å². The van der Waals surface area contributed by atoms with E-state index in [1.54, 1.807) is 36.4 Å². The summed E-state index contributed by atoms with van der Waals surface area (Å²) in [6.07, 6.45) is 0. The smallest absolute Gasteiger partial charge is 0.344 e. The SMILES string of the molecule is Cc1cc(=O)oc2cc(OC(=O)c3ccccc3Br)ccc12. The number of carbonyl (C=O) groups excluding carboxylic acids is 1. The average molecular weight is 359 g/mol. The normalized spacial score (nSPS) is 10.6. The summed E-state index contributed by atoms with van der Waals surface area (Å²) in [4.78, 5) is 23.6. The molecule has 3 aromatic rings. The van der Waals surface area contributed by atoms with Gasteiger partial charge in [-0.3, -0.25) is 0 Å². The minimum atomic E-state index is -0.484. The molecule has 2 aromatic carbocycles. The predicted octanol–water partition coefficient (Wildman–Crippen LogP) is 4.08. The van der Waals surface area contributed by atoms with Gasteiger partial charge >= 0.3 is 11.6 Å². The molecule has 0 bridgehead atoms.